The van der Waals surface area contributed by atoms with Crippen LogP contribution < -0.4 is 4.90 Å². The van der Waals surface area contributed by atoms with Crippen LogP contribution in [0.5, 0.6) is 0 Å². The fourth-order valence-corrected chi connectivity index (χ4v) is 2.49. The second-order valence-corrected chi connectivity index (χ2v) is 5.36. The lowest BCUT2D eigenvalue weighted by molar-refractivity contribution is 0.101. The minimum Gasteiger partial charge on any atom is -0.387 e. The summed E-state index contributed by atoms with van der Waals surface area (Å²) in [5, 5.41) is 10.2. The Hall–Kier alpha value is -1.06. The van der Waals surface area contributed by atoms with E-state index in [0.717, 1.165) is 25.2 Å². The third-order valence-corrected chi connectivity index (χ3v) is 3.67. The zero-order chi connectivity index (χ0) is 13.0. The van der Waals surface area contributed by atoms with Crippen LogP contribution in [-0.4, -0.2) is 43.7 Å². The summed E-state index contributed by atoms with van der Waals surface area (Å²) in [6.07, 6.45) is 3.52. The fraction of sp³-hybridized carbons (Fsp3) is 0.600. The molecule has 2 rings (SSSR count). The van der Waals surface area contributed by atoms with Crippen LogP contribution in [0.1, 0.15) is 30.9 Å². The highest BCUT2D eigenvalue weighted by Gasteiger charge is 2.15. The molecule has 1 aliphatic heterocycles. The van der Waals surface area contributed by atoms with Gasteiger partial charge in [0.05, 0.1) is 6.10 Å². The number of rotatable bonds is 4. The summed E-state index contributed by atoms with van der Waals surface area (Å²) in [5.41, 5.74) is 2.19. The highest BCUT2D eigenvalue weighted by atomic mass is 16.3. The molecule has 1 fully saturated rings. The SMILES string of the molecule is CN(C)c1ccc(C(O)CN2CCCCC2)cc1. The van der Waals surface area contributed by atoms with E-state index in [1.54, 1.807) is 0 Å². The molecule has 0 spiro atoms. The van der Waals surface area contributed by atoms with Gasteiger partial charge in [0, 0.05) is 26.3 Å². The van der Waals surface area contributed by atoms with E-state index < -0.39 is 0 Å². The number of hydrogen-bond acceptors (Lipinski definition) is 3. The summed E-state index contributed by atoms with van der Waals surface area (Å²) < 4.78 is 0. The number of likely N-dealkylation sites (tertiary alicyclic amines) is 1. The number of hydrogen-bond donors (Lipinski definition) is 1. The second kappa shape index (κ2) is 6.21. The van der Waals surface area contributed by atoms with Crippen LogP contribution in [0.3, 0.4) is 0 Å². The molecule has 3 nitrogen and oxygen atoms in total. The number of benzene rings is 1. The van der Waals surface area contributed by atoms with Crippen molar-refractivity contribution in [3.63, 3.8) is 0 Å². The van der Waals surface area contributed by atoms with Crippen molar-refractivity contribution in [1.82, 2.24) is 4.90 Å². The predicted octanol–water partition coefficient (Wildman–Crippen LogP) is 2.27. The maximum atomic E-state index is 10.2. The van der Waals surface area contributed by atoms with E-state index >= 15 is 0 Å². The monoisotopic (exact) mass is 248 g/mol. The summed E-state index contributed by atoms with van der Waals surface area (Å²) in [7, 11) is 4.05. The summed E-state index contributed by atoms with van der Waals surface area (Å²) in [4.78, 5) is 4.44. The van der Waals surface area contributed by atoms with E-state index in [2.05, 4.69) is 21.9 Å². The van der Waals surface area contributed by atoms with Crippen molar-refractivity contribution < 1.29 is 5.11 Å². The number of β-amino-alcohol motifs (C(OH)–C–C–N with tert-alkyl or cyclic N) is 1. The zero-order valence-electron chi connectivity index (χ0n) is 11.5. The van der Waals surface area contributed by atoms with Crippen molar-refractivity contribution >= 4 is 5.69 Å². The van der Waals surface area contributed by atoms with E-state index in [1.165, 1.54) is 24.9 Å². The Kier molecular flexibility index (Phi) is 4.61. The molecule has 1 aromatic rings. The molecule has 0 amide bonds. The van der Waals surface area contributed by atoms with Crippen LogP contribution in [0.15, 0.2) is 24.3 Å². The largest absolute Gasteiger partial charge is 0.387 e. The average Bonchev–Trinajstić information content (AvgIpc) is 2.40. The van der Waals surface area contributed by atoms with Crippen molar-refractivity contribution in [2.75, 3.05) is 38.6 Å². The molecule has 1 aliphatic rings. The third-order valence-electron chi connectivity index (χ3n) is 3.67. The molecule has 0 radical (unpaired) electrons. The Morgan fingerprint density at radius 3 is 2.28 bits per heavy atom. The van der Waals surface area contributed by atoms with Gasteiger partial charge in [-0.2, -0.15) is 0 Å². The summed E-state index contributed by atoms with van der Waals surface area (Å²) in [6.45, 7) is 3.03. The first kappa shape index (κ1) is 13.4. The molecule has 0 aromatic heterocycles. The lowest BCUT2D eigenvalue weighted by Crippen LogP contribution is -2.33. The van der Waals surface area contributed by atoms with Gasteiger partial charge in [-0.1, -0.05) is 18.6 Å². The van der Waals surface area contributed by atoms with Crippen LogP contribution in [-0.2, 0) is 0 Å². The van der Waals surface area contributed by atoms with Gasteiger partial charge in [0.2, 0.25) is 0 Å². The van der Waals surface area contributed by atoms with Crippen molar-refractivity contribution in [3.05, 3.63) is 29.8 Å². The van der Waals surface area contributed by atoms with E-state index in [1.807, 2.05) is 26.2 Å². The van der Waals surface area contributed by atoms with E-state index in [-0.39, 0.29) is 6.10 Å². The first-order valence-electron chi connectivity index (χ1n) is 6.84. The van der Waals surface area contributed by atoms with Crippen LogP contribution >= 0.6 is 0 Å². The lowest BCUT2D eigenvalue weighted by Gasteiger charge is -2.28. The minimum absolute atomic E-state index is 0.362. The normalized spacial score (nSPS) is 18.6. The topological polar surface area (TPSA) is 26.7 Å². The Morgan fingerprint density at radius 1 is 1.11 bits per heavy atom. The van der Waals surface area contributed by atoms with E-state index in [0.29, 0.717) is 0 Å². The summed E-state index contributed by atoms with van der Waals surface area (Å²) in [5.74, 6) is 0. The van der Waals surface area contributed by atoms with E-state index in [9.17, 15) is 5.11 Å². The van der Waals surface area contributed by atoms with Gasteiger partial charge < -0.3 is 14.9 Å². The molecular formula is C15H24N2O. The van der Waals surface area contributed by atoms with Gasteiger partial charge in [0.1, 0.15) is 0 Å². The standard InChI is InChI=1S/C15H24N2O/c1-16(2)14-8-6-13(7-9-14)15(18)12-17-10-4-3-5-11-17/h6-9,15,18H,3-5,10-12H2,1-2H3. The van der Waals surface area contributed by atoms with Crippen LogP contribution in [0.4, 0.5) is 5.69 Å². The number of nitrogens with zero attached hydrogens (tertiary/aromatic N) is 2. The van der Waals surface area contributed by atoms with Gasteiger partial charge in [0.15, 0.2) is 0 Å². The van der Waals surface area contributed by atoms with Gasteiger partial charge in [-0.25, -0.2) is 0 Å². The van der Waals surface area contributed by atoms with Crippen molar-refractivity contribution in [3.8, 4) is 0 Å². The maximum absolute atomic E-state index is 10.2. The summed E-state index contributed by atoms with van der Waals surface area (Å²) >= 11 is 0. The molecule has 18 heavy (non-hydrogen) atoms. The number of anilines is 1. The third kappa shape index (κ3) is 3.47. The fourth-order valence-electron chi connectivity index (χ4n) is 2.49. The van der Waals surface area contributed by atoms with Crippen molar-refractivity contribution in [1.29, 1.82) is 0 Å². The Labute approximate surface area is 110 Å². The molecule has 0 saturated carbocycles. The lowest BCUT2D eigenvalue weighted by atomic mass is 10.1. The number of aliphatic hydroxyl groups is 1. The molecule has 1 saturated heterocycles. The first-order valence-corrected chi connectivity index (χ1v) is 6.84. The smallest absolute Gasteiger partial charge is 0.0916 e. The van der Waals surface area contributed by atoms with Gasteiger partial charge in [-0.3, -0.25) is 0 Å². The molecule has 1 aromatic carbocycles. The Morgan fingerprint density at radius 2 is 1.72 bits per heavy atom. The molecular weight excluding hydrogens is 224 g/mol. The Bertz CT molecular complexity index is 355. The van der Waals surface area contributed by atoms with Crippen molar-refractivity contribution in [2.24, 2.45) is 0 Å². The maximum Gasteiger partial charge on any atom is 0.0916 e. The Balaban J connectivity index is 1.93. The second-order valence-electron chi connectivity index (χ2n) is 5.36. The number of piperidine rings is 1. The molecule has 0 aliphatic carbocycles. The predicted molar refractivity (Wildman–Crippen MR) is 76.0 cm³/mol. The van der Waals surface area contributed by atoms with Crippen LogP contribution in [0, 0.1) is 0 Å². The molecule has 1 atom stereocenters. The molecule has 1 N–H and O–H groups in total. The van der Waals surface area contributed by atoms with Crippen LogP contribution in [0.25, 0.3) is 0 Å². The quantitative estimate of drug-likeness (QED) is 0.885. The molecule has 3 heteroatoms. The van der Waals surface area contributed by atoms with Gasteiger partial charge in [-0.05, 0) is 43.6 Å². The minimum atomic E-state index is -0.362. The van der Waals surface area contributed by atoms with Crippen LogP contribution in [0.2, 0.25) is 0 Å². The number of aliphatic hydroxyl groups excluding tert-OH is 1. The highest BCUT2D eigenvalue weighted by Crippen LogP contribution is 2.20. The van der Waals surface area contributed by atoms with Gasteiger partial charge in [0.25, 0.3) is 0 Å². The molecule has 1 heterocycles. The average molecular weight is 248 g/mol. The molecule has 100 valence electrons. The van der Waals surface area contributed by atoms with Gasteiger partial charge in [-0.15, -0.1) is 0 Å². The zero-order valence-corrected chi connectivity index (χ0v) is 11.5. The highest BCUT2D eigenvalue weighted by molar-refractivity contribution is 5.46. The van der Waals surface area contributed by atoms with Gasteiger partial charge >= 0.3 is 0 Å². The molecule has 0 bridgehead atoms. The molecule has 1 unspecified atom stereocenters. The summed E-state index contributed by atoms with van der Waals surface area (Å²) in [6, 6.07) is 8.19. The van der Waals surface area contributed by atoms with Crippen molar-refractivity contribution in [2.45, 2.75) is 25.4 Å². The first-order chi connectivity index (χ1) is 8.66. The van der Waals surface area contributed by atoms with E-state index in [4.69, 9.17) is 0 Å².